The lowest BCUT2D eigenvalue weighted by Crippen LogP contribution is -2.29. The van der Waals surface area contributed by atoms with E-state index in [1.165, 1.54) is 48.3 Å². The zero-order valence-electron chi connectivity index (χ0n) is 15.3. The summed E-state index contributed by atoms with van der Waals surface area (Å²) in [4.78, 5) is 0. The molecule has 2 heteroatoms. The fraction of sp³-hybridized carbons (Fsp3) is 0.167. The van der Waals surface area contributed by atoms with Crippen molar-refractivity contribution in [2.45, 2.75) is 26.4 Å². The second kappa shape index (κ2) is 5.54. The van der Waals surface area contributed by atoms with Crippen LogP contribution < -0.4 is 5.19 Å². The van der Waals surface area contributed by atoms with Crippen molar-refractivity contribution in [2.75, 3.05) is 0 Å². The van der Waals surface area contributed by atoms with Crippen LogP contribution in [0.3, 0.4) is 0 Å². The number of hydrogen-bond donors (Lipinski definition) is 0. The zero-order chi connectivity index (χ0) is 17.9. The first-order valence-corrected chi connectivity index (χ1v) is 9.96. The van der Waals surface area contributed by atoms with Crippen LogP contribution >= 0.6 is 0 Å². The molecule has 0 heterocycles. The molecule has 0 spiro atoms. The molecule has 0 unspecified atom stereocenters. The van der Waals surface area contributed by atoms with Crippen LogP contribution in [-0.2, 0) is 4.43 Å². The van der Waals surface area contributed by atoms with Crippen LogP contribution in [0.25, 0.3) is 43.1 Å². The minimum absolute atomic E-state index is 0.129. The van der Waals surface area contributed by atoms with E-state index in [9.17, 15) is 0 Å². The van der Waals surface area contributed by atoms with E-state index < -0.39 is 0 Å². The molecule has 0 aromatic heterocycles. The third kappa shape index (κ3) is 2.33. The van der Waals surface area contributed by atoms with Crippen molar-refractivity contribution in [1.82, 2.24) is 0 Å². The first kappa shape index (κ1) is 15.8. The van der Waals surface area contributed by atoms with Crippen molar-refractivity contribution in [2.24, 2.45) is 0 Å². The van der Waals surface area contributed by atoms with Gasteiger partial charge in [-0.15, -0.1) is 0 Å². The maximum absolute atomic E-state index is 6.11. The highest BCUT2D eigenvalue weighted by Gasteiger charge is 2.17. The highest BCUT2D eigenvalue weighted by molar-refractivity contribution is 6.53. The number of rotatable bonds is 2. The molecule has 2 radical (unpaired) electrons. The quantitative estimate of drug-likeness (QED) is 0.222. The average molecular weight is 353 g/mol. The van der Waals surface area contributed by atoms with E-state index in [0.717, 1.165) is 0 Å². The summed E-state index contributed by atoms with van der Waals surface area (Å²) >= 11 is 0. The van der Waals surface area contributed by atoms with Gasteiger partial charge in [-0.2, -0.15) is 0 Å². The molecule has 0 saturated carbocycles. The van der Waals surface area contributed by atoms with Gasteiger partial charge in [-0.3, -0.25) is 0 Å². The predicted octanol–water partition coefficient (Wildman–Crippen LogP) is 5.80. The maximum atomic E-state index is 6.11. The topological polar surface area (TPSA) is 9.23 Å². The maximum Gasteiger partial charge on any atom is 0.270 e. The minimum Gasteiger partial charge on any atom is -0.407 e. The molecule has 0 aliphatic heterocycles. The molecule has 0 bridgehead atoms. The summed E-state index contributed by atoms with van der Waals surface area (Å²) in [6.45, 7) is 6.34. The fourth-order valence-electron chi connectivity index (χ4n) is 3.94. The van der Waals surface area contributed by atoms with Gasteiger partial charge in [-0.25, -0.2) is 0 Å². The van der Waals surface area contributed by atoms with Crippen molar-refractivity contribution >= 4 is 58.0 Å². The van der Waals surface area contributed by atoms with Gasteiger partial charge in [-0.05, 0) is 69.0 Å². The van der Waals surface area contributed by atoms with Crippen LogP contribution in [0.5, 0.6) is 0 Å². The van der Waals surface area contributed by atoms with Gasteiger partial charge in [0.15, 0.2) is 0 Å². The van der Waals surface area contributed by atoms with Crippen LogP contribution in [-0.4, -0.2) is 15.4 Å². The van der Waals surface area contributed by atoms with Crippen molar-refractivity contribution < 1.29 is 4.43 Å². The summed E-state index contributed by atoms with van der Waals surface area (Å²) in [5.41, 5.74) is -0.129. The Hall–Kier alpha value is -2.42. The number of benzene rings is 5. The Morgan fingerprint density at radius 2 is 1.15 bits per heavy atom. The van der Waals surface area contributed by atoms with Gasteiger partial charge in [0, 0.05) is 5.60 Å². The lowest BCUT2D eigenvalue weighted by molar-refractivity contribution is 0.142. The Balaban J connectivity index is 1.91. The monoisotopic (exact) mass is 352 g/mol. The first-order chi connectivity index (χ1) is 12.5. The first-order valence-electron chi connectivity index (χ1n) is 9.05. The molecule has 0 aliphatic carbocycles. The third-order valence-corrected chi connectivity index (χ3v) is 6.36. The summed E-state index contributed by atoms with van der Waals surface area (Å²) < 4.78 is 6.11. The lowest BCUT2D eigenvalue weighted by atomic mass is 9.90. The van der Waals surface area contributed by atoms with Crippen molar-refractivity contribution in [1.29, 1.82) is 0 Å². The molecular formula is C24H20OSi. The van der Waals surface area contributed by atoms with Gasteiger partial charge in [0.2, 0.25) is 0 Å². The molecule has 126 valence electrons. The van der Waals surface area contributed by atoms with Crippen LogP contribution in [0, 0.1) is 0 Å². The molecule has 0 saturated heterocycles. The predicted molar refractivity (Wildman–Crippen MR) is 114 cm³/mol. The molecule has 0 fully saturated rings. The van der Waals surface area contributed by atoms with E-state index in [0.29, 0.717) is 9.76 Å². The summed E-state index contributed by atoms with van der Waals surface area (Å²) in [5, 5.41) is 12.0. The summed E-state index contributed by atoms with van der Waals surface area (Å²) in [6, 6.07) is 24.5. The molecule has 1 nitrogen and oxygen atoms in total. The molecule has 5 aromatic carbocycles. The van der Waals surface area contributed by atoms with E-state index in [-0.39, 0.29) is 5.60 Å². The largest absolute Gasteiger partial charge is 0.407 e. The highest BCUT2D eigenvalue weighted by atomic mass is 28.2. The van der Waals surface area contributed by atoms with E-state index in [4.69, 9.17) is 4.43 Å². The van der Waals surface area contributed by atoms with E-state index in [2.05, 4.69) is 87.5 Å². The highest BCUT2D eigenvalue weighted by Crippen LogP contribution is 2.39. The van der Waals surface area contributed by atoms with Crippen molar-refractivity contribution in [3.63, 3.8) is 0 Å². The van der Waals surface area contributed by atoms with Crippen LogP contribution in [0.4, 0.5) is 0 Å². The molecule has 5 aromatic rings. The SMILES string of the molecule is CC(C)(C)O[Si]c1ccc2c3cccc4cccc(c5cccc1c52)c43. The average Bonchev–Trinajstić information content (AvgIpc) is 2.64. The van der Waals surface area contributed by atoms with Gasteiger partial charge in [0.25, 0.3) is 9.76 Å². The summed E-state index contributed by atoms with van der Waals surface area (Å²) in [6.07, 6.45) is 0. The second-order valence-corrected chi connectivity index (χ2v) is 8.86. The number of fused-ring (bicyclic) bond motifs is 2. The Kier molecular flexibility index (Phi) is 3.36. The smallest absolute Gasteiger partial charge is 0.270 e. The molecule has 5 rings (SSSR count). The van der Waals surface area contributed by atoms with Crippen molar-refractivity contribution in [3.8, 4) is 0 Å². The van der Waals surface area contributed by atoms with Crippen molar-refractivity contribution in [3.05, 3.63) is 66.7 Å². The van der Waals surface area contributed by atoms with Crippen LogP contribution in [0.2, 0.25) is 0 Å². The minimum atomic E-state index is -0.129. The zero-order valence-corrected chi connectivity index (χ0v) is 16.3. The second-order valence-electron chi connectivity index (χ2n) is 7.91. The Morgan fingerprint density at radius 3 is 1.81 bits per heavy atom. The van der Waals surface area contributed by atoms with E-state index in [1.54, 1.807) is 0 Å². The standard InChI is InChI=1S/C24H20OSi/c1-24(2,3)25-26-21-14-13-19-17-10-5-8-15-7-4-9-16(22(15)17)18-11-6-12-20(21)23(18)19/h4-14H,1-3H3. The van der Waals surface area contributed by atoms with E-state index >= 15 is 0 Å². The summed E-state index contributed by atoms with van der Waals surface area (Å²) in [7, 11) is 0.352. The molecule has 0 atom stereocenters. The number of hydrogen-bond acceptors (Lipinski definition) is 1. The van der Waals surface area contributed by atoms with Crippen LogP contribution in [0.15, 0.2) is 66.7 Å². The van der Waals surface area contributed by atoms with Gasteiger partial charge in [0.05, 0.1) is 0 Å². The molecule has 26 heavy (non-hydrogen) atoms. The lowest BCUT2D eigenvalue weighted by Gasteiger charge is -2.20. The Morgan fingerprint density at radius 1 is 0.615 bits per heavy atom. The molecule has 0 amide bonds. The molecule has 0 aliphatic rings. The van der Waals surface area contributed by atoms with Gasteiger partial charge in [0.1, 0.15) is 0 Å². The van der Waals surface area contributed by atoms with Gasteiger partial charge < -0.3 is 4.43 Å². The third-order valence-electron chi connectivity index (χ3n) is 4.99. The van der Waals surface area contributed by atoms with Gasteiger partial charge in [-0.1, -0.05) is 66.7 Å². The van der Waals surface area contributed by atoms with E-state index in [1.807, 2.05) is 0 Å². The van der Waals surface area contributed by atoms with Gasteiger partial charge >= 0.3 is 0 Å². The molecule has 0 N–H and O–H groups in total. The Labute approximate surface area is 155 Å². The molecular weight excluding hydrogens is 332 g/mol. The van der Waals surface area contributed by atoms with Crippen LogP contribution in [0.1, 0.15) is 20.8 Å². The Bertz CT molecular complexity index is 1210. The normalized spacial score (nSPS) is 12.7. The summed E-state index contributed by atoms with van der Waals surface area (Å²) in [5.74, 6) is 0. The fourth-order valence-corrected chi connectivity index (χ4v) is 4.83.